The summed E-state index contributed by atoms with van der Waals surface area (Å²) < 4.78 is 32.1. The fraction of sp³-hybridized carbons (Fsp3) is 0.421. The Balaban J connectivity index is 1.63. The molecule has 0 amide bonds. The Kier molecular flexibility index (Phi) is 5.90. The Morgan fingerprint density at radius 1 is 1.12 bits per heavy atom. The van der Waals surface area contributed by atoms with E-state index in [1.54, 1.807) is 10.4 Å². The number of sulfonamides is 1. The summed E-state index contributed by atoms with van der Waals surface area (Å²) >= 11 is 0. The van der Waals surface area contributed by atoms with Crippen LogP contribution >= 0.6 is 0 Å². The third kappa shape index (κ3) is 4.60. The molecule has 0 saturated carbocycles. The van der Waals surface area contributed by atoms with Crippen molar-refractivity contribution in [2.24, 2.45) is 0 Å². The maximum absolute atomic E-state index is 12.6. The SMILES string of the molecule is Cc1noc(C)c1CN1CCCN(S(=O)(=O)/C=C/c2ccccc2)CC1. The molecule has 6 nitrogen and oxygen atoms in total. The van der Waals surface area contributed by atoms with Gasteiger partial charge in [-0.25, -0.2) is 8.42 Å². The lowest BCUT2D eigenvalue weighted by Gasteiger charge is -2.20. The van der Waals surface area contributed by atoms with E-state index in [-0.39, 0.29) is 0 Å². The quantitative estimate of drug-likeness (QED) is 0.804. The summed E-state index contributed by atoms with van der Waals surface area (Å²) in [6.07, 6.45) is 2.46. The molecule has 140 valence electrons. The number of hydrogen-bond donors (Lipinski definition) is 0. The highest BCUT2D eigenvalue weighted by Crippen LogP contribution is 2.17. The molecule has 0 unspecified atom stereocenters. The Morgan fingerprint density at radius 2 is 1.88 bits per heavy atom. The molecular formula is C19H25N3O3S. The van der Waals surface area contributed by atoms with Gasteiger partial charge in [0, 0.05) is 37.2 Å². The molecule has 1 fully saturated rings. The molecule has 0 atom stereocenters. The number of nitrogens with zero attached hydrogens (tertiary/aromatic N) is 3. The second kappa shape index (κ2) is 8.16. The van der Waals surface area contributed by atoms with E-state index in [0.717, 1.165) is 42.1 Å². The van der Waals surface area contributed by atoms with Gasteiger partial charge in [-0.1, -0.05) is 35.5 Å². The van der Waals surface area contributed by atoms with Crippen LogP contribution in [0.4, 0.5) is 0 Å². The number of benzene rings is 1. The molecule has 3 rings (SSSR count). The molecule has 7 heteroatoms. The van der Waals surface area contributed by atoms with Crippen molar-refractivity contribution in [3.63, 3.8) is 0 Å². The smallest absolute Gasteiger partial charge is 0.236 e. The number of rotatable bonds is 5. The minimum absolute atomic E-state index is 0.491. The van der Waals surface area contributed by atoms with Gasteiger partial charge in [-0.3, -0.25) is 4.90 Å². The first kappa shape index (κ1) is 18.8. The molecule has 1 aromatic heterocycles. The number of hydrogen-bond acceptors (Lipinski definition) is 5. The molecule has 2 aromatic rings. The Labute approximate surface area is 155 Å². The van der Waals surface area contributed by atoms with Crippen LogP contribution in [0.25, 0.3) is 6.08 Å². The van der Waals surface area contributed by atoms with E-state index in [0.29, 0.717) is 19.6 Å². The van der Waals surface area contributed by atoms with Gasteiger partial charge in [-0.05, 0) is 38.5 Å². The Bertz CT molecular complexity index is 840. The molecule has 1 aliphatic rings. The first-order chi connectivity index (χ1) is 12.5. The summed E-state index contributed by atoms with van der Waals surface area (Å²) in [6, 6.07) is 9.48. The predicted octanol–water partition coefficient (Wildman–Crippen LogP) is 2.80. The molecule has 0 N–H and O–H groups in total. The van der Waals surface area contributed by atoms with Crippen LogP contribution in [0, 0.1) is 13.8 Å². The van der Waals surface area contributed by atoms with Gasteiger partial charge < -0.3 is 4.52 Å². The molecule has 1 aliphatic heterocycles. The molecule has 26 heavy (non-hydrogen) atoms. The molecule has 0 aliphatic carbocycles. The summed E-state index contributed by atoms with van der Waals surface area (Å²) in [4.78, 5) is 2.27. The third-order valence-electron chi connectivity index (χ3n) is 4.70. The van der Waals surface area contributed by atoms with Crippen molar-refractivity contribution in [3.8, 4) is 0 Å². The second-order valence-electron chi connectivity index (χ2n) is 6.59. The van der Waals surface area contributed by atoms with Crippen LogP contribution in [-0.4, -0.2) is 49.0 Å². The van der Waals surface area contributed by atoms with Crippen molar-refractivity contribution >= 4 is 16.1 Å². The van der Waals surface area contributed by atoms with Gasteiger partial charge in [0.05, 0.1) is 5.69 Å². The monoisotopic (exact) mass is 375 g/mol. The lowest BCUT2D eigenvalue weighted by Crippen LogP contribution is -2.34. The van der Waals surface area contributed by atoms with Crippen LogP contribution < -0.4 is 0 Å². The molecular weight excluding hydrogens is 350 g/mol. The van der Waals surface area contributed by atoms with Gasteiger partial charge >= 0.3 is 0 Å². The minimum atomic E-state index is -3.41. The van der Waals surface area contributed by atoms with Crippen LogP contribution in [0.1, 0.15) is 29.0 Å². The van der Waals surface area contributed by atoms with E-state index in [1.807, 2.05) is 44.2 Å². The maximum atomic E-state index is 12.6. The molecule has 0 radical (unpaired) electrons. The average molecular weight is 375 g/mol. The lowest BCUT2D eigenvalue weighted by atomic mass is 10.2. The van der Waals surface area contributed by atoms with Crippen molar-refractivity contribution in [1.29, 1.82) is 0 Å². The summed E-state index contributed by atoms with van der Waals surface area (Å²) in [5.74, 6) is 0.835. The molecule has 0 bridgehead atoms. The summed E-state index contributed by atoms with van der Waals surface area (Å²) in [7, 11) is -3.41. The standard InChI is InChI=1S/C19H25N3O3S/c1-16-19(17(2)25-20-16)15-21-10-6-11-22(13-12-21)26(23,24)14-9-18-7-4-3-5-8-18/h3-5,7-9,14H,6,10-13,15H2,1-2H3/b14-9+. The van der Waals surface area contributed by atoms with Crippen molar-refractivity contribution in [2.45, 2.75) is 26.8 Å². The number of aromatic nitrogens is 1. The van der Waals surface area contributed by atoms with Crippen molar-refractivity contribution < 1.29 is 12.9 Å². The molecule has 2 heterocycles. The largest absolute Gasteiger partial charge is 0.361 e. The average Bonchev–Trinajstić information content (AvgIpc) is 2.83. The van der Waals surface area contributed by atoms with Crippen molar-refractivity contribution in [3.05, 3.63) is 58.3 Å². The van der Waals surface area contributed by atoms with Crippen LogP contribution in [0.15, 0.2) is 40.3 Å². The highest BCUT2D eigenvalue weighted by atomic mass is 32.2. The van der Waals surface area contributed by atoms with E-state index >= 15 is 0 Å². The van der Waals surface area contributed by atoms with E-state index in [4.69, 9.17) is 4.52 Å². The minimum Gasteiger partial charge on any atom is -0.361 e. The van der Waals surface area contributed by atoms with Crippen LogP contribution in [0.3, 0.4) is 0 Å². The zero-order chi connectivity index (χ0) is 18.6. The zero-order valence-electron chi connectivity index (χ0n) is 15.3. The predicted molar refractivity (Wildman–Crippen MR) is 102 cm³/mol. The number of aryl methyl sites for hydroxylation is 2. The normalized spacial score (nSPS) is 17.6. The van der Waals surface area contributed by atoms with Crippen LogP contribution in [-0.2, 0) is 16.6 Å². The van der Waals surface area contributed by atoms with E-state index in [2.05, 4.69) is 10.1 Å². The van der Waals surface area contributed by atoms with E-state index in [9.17, 15) is 8.42 Å². The lowest BCUT2D eigenvalue weighted by molar-refractivity contribution is 0.276. The van der Waals surface area contributed by atoms with Gasteiger partial charge in [0.2, 0.25) is 10.0 Å². The first-order valence-corrected chi connectivity index (χ1v) is 10.3. The van der Waals surface area contributed by atoms with Gasteiger partial charge in [-0.2, -0.15) is 4.31 Å². The summed E-state index contributed by atoms with van der Waals surface area (Å²) in [5, 5.41) is 5.31. The summed E-state index contributed by atoms with van der Waals surface area (Å²) in [5.41, 5.74) is 2.89. The van der Waals surface area contributed by atoms with E-state index in [1.165, 1.54) is 5.41 Å². The molecule has 1 saturated heterocycles. The van der Waals surface area contributed by atoms with Gasteiger partial charge in [0.15, 0.2) is 0 Å². The van der Waals surface area contributed by atoms with E-state index < -0.39 is 10.0 Å². The van der Waals surface area contributed by atoms with Crippen LogP contribution in [0.2, 0.25) is 0 Å². The van der Waals surface area contributed by atoms with Crippen LogP contribution in [0.5, 0.6) is 0 Å². The maximum Gasteiger partial charge on any atom is 0.236 e. The Morgan fingerprint density at radius 3 is 2.58 bits per heavy atom. The summed E-state index contributed by atoms with van der Waals surface area (Å²) in [6.45, 7) is 7.19. The highest BCUT2D eigenvalue weighted by Gasteiger charge is 2.24. The molecule has 1 aromatic carbocycles. The zero-order valence-corrected chi connectivity index (χ0v) is 16.1. The Hall–Kier alpha value is -1.96. The first-order valence-electron chi connectivity index (χ1n) is 8.83. The molecule has 0 spiro atoms. The van der Waals surface area contributed by atoms with Gasteiger partial charge in [0.25, 0.3) is 0 Å². The van der Waals surface area contributed by atoms with Gasteiger partial charge in [0.1, 0.15) is 5.76 Å². The second-order valence-corrected chi connectivity index (χ2v) is 8.41. The van der Waals surface area contributed by atoms with Crippen molar-refractivity contribution in [1.82, 2.24) is 14.4 Å². The fourth-order valence-corrected chi connectivity index (χ4v) is 4.35. The topological polar surface area (TPSA) is 66.7 Å². The van der Waals surface area contributed by atoms with Gasteiger partial charge in [-0.15, -0.1) is 0 Å². The highest BCUT2D eigenvalue weighted by molar-refractivity contribution is 7.92. The fourth-order valence-electron chi connectivity index (χ4n) is 3.13. The third-order valence-corrected chi connectivity index (χ3v) is 6.27. The van der Waals surface area contributed by atoms with Crippen molar-refractivity contribution in [2.75, 3.05) is 26.2 Å².